The third-order valence-electron chi connectivity index (χ3n) is 5.10. The van der Waals surface area contributed by atoms with Gasteiger partial charge in [-0.05, 0) is 30.5 Å². The number of anilines is 1. The van der Waals surface area contributed by atoms with Gasteiger partial charge >= 0.3 is 0 Å². The summed E-state index contributed by atoms with van der Waals surface area (Å²) >= 11 is 1.71. The van der Waals surface area contributed by atoms with Gasteiger partial charge in [0.2, 0.25) is 5.95 Å². The number of aryl methyl sites for hydroxylation is 2. The monoisotopic (exact) mass is 415 g/mol. The maximum Gasteiger partial charge on any atom is 0.225 e. The van der Waals surface area contributed by atoms with Crippen LogP contribution in [0.25, 0.3) is 11.3 Å². The van der Waals surface area contributed by atoms with Crippen LogP contribution in [0.2, 0.25) is 0 Å². The first-order chi connectivity index (χ1) is 14.7. The molecule has 0 saturated carbocycles. The number of aromatic nitrogens is 4. The molecular formula is C24H25N5S. The Morgan fingerprint density at radius 3 is 2.27 bits per heavy atom. The molecule has 0 aliphatic rings. The van der Waals surface area contributed by atoms with Gasteiger partial charge in [-0.2, -0.15) is 0 Å². The molecule has 0 fully saturated rings. The number of benzene rings is 1. The van der Waals surface area contributed by atoms with Crippen LogP contribution in [0.3, 0.4) is 0 Å². The Morgan fingerprint density at radius 1 is 0.867 bits per heavy atom. The van der Waals surface area contributed by atoms with Gasteiger partial charge in [0.1, 0.15) is 0 Å². The number of hydrogen-bond acceptors (Lipinski definition) is 6. The Kier molecular flexibility index (Phi) is 6.44. The van der Waals surface area contributed by atoms with Crippen molar-refractivity contribution in [3.05, 3.63) is 88.3 Å². The predicted molar refractivity (Wildman–Crippen MR) is 123 cm³/mol. The molecule has 152 valence electrons. The smallest absolute Gasteiger partial charge is 0.225 e. The first-order valence-electron chi connectivity index (χ1n) is 10.2. The van der Waals surface area contributed by atoms with Crippen molar-refractivity contribution in [1.29, 1.82) is 0 Å². The molecule has 0 bridgehead atoms. The van der Waals surface area contributed by atoms with Gasteiger partial charge in [0.15, 0.2) is 0 Å². The minimum Gasteiger partial charge on any atom is -0.336 e. The van der Waals surface area contributed by atoms with Crippen molar-refractivity contribution >= 4 is 17.3 Å². The Bertz CT molecular complexity index is 1060. The van der Waals surface area contributed by atoms with Gasteiger partial charge < -0.3 is 4.90 Å². The van der Waals surface area contributed by atoms with Crippen molar-refractivity contribution in [1.82, 2.24) is 19.9 Å². The highest BCUT2D eigenvalue weighted by molar-refractivity contribution is 7.09. The van der Waals surface area contributed by atoms with Gasteiger partial charge in [-0.1, -0.05) is 43.3 Å². The van der Waals surface area contributed by atoms with Crippen molar-refractivity contribution < 1.29 is 0 Å². The van der Waals surface area contributed by atoms with E-state index in [2.05, 4.69) is 62.9 Å². The van der Waals surface area contributed by atoms with E-state index in [1.165, 1.54) is 4.88 Å². The summed E-state index contributed by atoms with van der Waals surface area (Å²) in [6.45, 7) is 5.72. The van der Waals surface area contributed by atoms with E-state index in [9.17, 15) is 0 Å². The van der Waals surface area contributed by atoms with Crippen molar-refractivity contribution in [2.75, 3.05) is 11.4 Å². The molecule has 1 aromatic carbocycles. The molecule has 0 unspecified atom stereocenters. The molecule has 4 rings (SSSR count). The lowest BCUT2D eigenvalue weighted by atomic mass is 10.1. The molecule has 4 aromatic rings. The second kappa shape index (κ2) is 9.59. The maximum atomic E-state index is 4.67. The number of rotatable bonds is 8. The molecule has 0 atom stereocenters. The molecule has 6 heteroatoms. The minimum atomic E-state index is 0.714. The standard InChI is InChI=1S/C24H25N5S/c1-3-19-13-26-24(27-14-19)29(12-11-23-18(2)28-17-30-23)16-20-9-10-22(25-15-20)21-7-5-4-6-8-21/h4-10,13-15,17H,3,11-12,16H2,1-2H3. The molecular weight excluding hydrogens is 390 g/mol. The third kappa shape index (κ3) is 4.89. The molecule has 3 aromatic heterocycles. The van der Waals surface area contributed by atoms with Crippen LogP contribution in [0.1, 0.15) is 28.6 Å². The molecule has 0 spiro atoms. The normalized spacial score (nSPS) is 10.9. The Hall–Kier alpha value is -3.12. The SMILES string of the molecule is CCc1cnc(N(CCc2scnc2C)Cc2ccc(-c3ccccc3)nc2)nc1. The van der Waals surface area contributed by atoms with E-state index >= 15 is 0 Å². The lowest BCUT2D eigenvalue weighted by Gasteiger charge is -2.22. The Labute approximate surface area is 181 Å². The number of pyridine rings is 1. The highest BCUT2D eigenvalue weighted by Gasteiger charge is 2.13. The van der Waals surface area contributed by atoms with Gasteiger partial charge in [0.05, 0.1) is 16.9 Å². The van der Waals surface area contributed by atoms with Crippen LogP contribution < -0.4 is 4.90 Å². The number of hydrogen-bond donors (Lipinski definition) is 0. The van der Waals surface area contributed by atoms with Gasteiger partial charge in [-0.15, -0.1) is 11.3 Å². The van der Waals surface area contributed by atoms with Gasteiger partial charge in [0, 0.05) is 48.5 Å². The van der Waals surface area contributed by atoms with Crippen LogP contribution in [0.15, 0.2) is 66.6 Å². The zero-order chi connectivity index (χ0) is 20.8. The quantitative estimate of drug-likeness (QED) is 0.400. The molecule has 30 heavy (non-hydrogen) atoms. The fraction of sp³-hybridized carbons (Fsp3) is 0.250. The van der Waals surface area contributed by atoms with E-state index in [-0.39, 0.29) is 0 Å². The molecule has 0 amide bonds. The largest absolute Gasteiger partial charge is 0.336 e. The average Bonchev–Trinajstić information content (AvgIpc) is 3.22. The van der Waals surface area contributed by atoms with Crippen LogP contribution in [0.4, 0.5) is 5.95 Å². The van der Waals surface area contributed by atoms with Crippen LogP contribution in [0.5, 0.6) is 0 Å². The van der Waals surface area contributed by atoms with E-state index < -0.39 is 0 Å². The molecule has 0 aliphatic heterocycles. The first kappa shape index (κ1) is 20.2. The minimum absolute atomic E-state index is 0.714. The summed E-state index contributed by atoms with van der Waals surface area (Å²) in [6.07, 6.45) is 7.65. The predicted octanol–water partition coefficient (Wildman–Crippen LogP) is 5.12. The highest BCUT2D eigenvalue weighted by Crippen LogP contribution is 2.20. The van der Waals surface area contributed by atoms with E-state index in [1.807, 2.05) is 42.3 Å². The maximum absolute atomic E-state index is 4.67. The molecule has 0 aliphatic carbocycles. The summed E-state index contributed by atoms with van der Waals surface area (Å²) in [5.74, 6) is 0.751. The summed E-state index contributed by atoms with van der Waals surface area (Å²) < 4.78 is 0. The summed E-state index contributed by atoms with van der Waals surface area (Å²) in [4.78, 5) is 21.8. The summed E-state index contributed by atoms with van der Waals surface area (Å²) in [5, 5.41) is 0. The molecule has 5 nitrogen and oxygen atoms in total. The van der Waals surface area contributed by atoms with E-state index in [4.69, 9.17) is 0 Å². The van der Waals surface area contributed by atoms with Crippen LogP contribution in [-0.2, 0) is 19.4 Å². The first-order valence-corrected chi connectivity index (χ1v) is 11.1. The fourth-order valence-electron chi connectivity index (χ4n) is 3.26. The van der Waals surface area contributed by atoms with Crippen molar-refractivity contribution in [3.63, 3.8) is 0 Å². The lowest BCUT2D eigenvalue weighted by molar-refractivity contribution is 0.749. The number of thiazole rings is 1. The second-order valence-electron chi connectivity index (χ2n) is 7.20. The molecule has 0 saturated heterocycles. The zero-order valence-electron chi connectivity index (χ0n) is 17.3. The van der Waals surface area contributed by atoms with E-state index in [0.29, 0.717) is 6.54 Å². The molecule has 0 radical (unpaired) electrons. The van der Waals surface area contributed by atoms with Crippen LogP contribution in [0, 0.1) is 6.92 Å². The van der Waals surface area contributed by atoms with E-state index in [0.717, 1.165) is 53.4 Å². The van der Waals surface area contributed by atoms with Gasteiger partial charge in [0.25, 0.3) is 0 Å². The van der Waals surface area contributed by atoms with Crippen molar-refractivity contribution in [2.45, 2.75) is 33.2 Å². The van der Waals surface area contributed by atoms with E-state index in [1.54, 1.807) is 11.3 Å². The number of nitrogens with zero attached hydrogens (tertiary/aromatic N) is 5. The lowest BCUT2D eigenvalue weighted by Crippen LogP contribution is -2.27. The Balaban J connectivity index is 1.53. The molecule has 3 heterocycles. The van der Waals surface area contributed by atoms with Gasteiger partial charge in [-0.25, -0.2) is 15.0 Å². The zero-order valence-corrected chi connectivity index (χ0v) is 18.1. The Morgan fingerprint density at radius 2 is 1.63 bits per heavy atom. The van der Waals surface area contributed by atoms with Crippen molar-refractivity contribution in [3.8, 4) is 11.3 Å². The summed E-state index contributed by atoms with van der Waals surface area (Å²) in [5.41, 5.74) is 7.41. The summed E-state index contributed by atoms with van der Waals surface area (Å²) in [6, 6.07) is 14.5. The molecule has 0 N–H and O–H groups in total. The van der Waals surface area contributed by atoms with Crippen LogP contribution in [-0.4, -0.2) is 26.5 Å². The third-order valence-corrected chi connectivity index (χ3v) is 6.10. The van der Waals surface area contributed by atoms with Crippen molar-refractivity contribution in [2.24, 2.45) is 0 Å². The highest BCUT2D eigenvalue weighted by atomic mass is 32.1. The summed E-state index contributed by atoms with van der Waals surface area (Å²) in [7, 11) is 0. The average molecular weight is 416 g/mol. The van der Waals surface area contributed by atoms with Crippen LogP contribution >= 0.6 is 11.3 Å². The van der Waals surface area contributed by atoms with Gasteiger partial charge in [-0.3, -0.25) is 4.98 Å². The topological polar surface area (TPSA) is 54.8 Å². The second-order valence-corrected chi connectivity index (χ2v) is 8.13. The fourth-order valence-corrected chi connectivity index (χ4v) is 4.03.